The van der Waals surface area contributed by atoms with E-state index in [1.807, 2.05) is 25.1 Å². The van der Waals surface area contributed by atoms with E-state index in [-0.39, 0.29) is 12.5 Å². The number of halogens is 1. The third-order valence-corrected chi connectivity index (χ3v) is 5.36. The van der Waals surface area contributed by atoms with Crippen molar-refractivity contribution in [2.45, 2.75) is 32.0 Å². The van der Waals surface area contributed by atoms with Crippen molar-refractivity contribution in [2.24, 2.45) is 0 Å². The van der Waals surface area contributed by atoms with Gasteiger partial charge in [0.05, 0.1) is 23.0 Å². The molecule has 1 aliphatic rings. The number of pyridine rings is 1. The number of aliphatic hydroxyl groups is 2. The molecule has 2 atom stereocenters. The van der Waals surface area contributed by atoms with Gasteiger partial charge in [0.15, 0.2) is 0 Å². The van der Waals surface area contributed by atoms with E-state index in [1.54, 1.807) is 25.3 Å². The highest BCUT2D eigenvalue weighted by atomic mass is 35.5. The van der Waals surface area contributed by atoms with E-state index in [0.29, 0.717) is 23.8 Å². The molecular weight excluding hydrogens is 361 g/mol. The van der Waals surface area contributed by atoms with Crippen LogP contribution in [-0.2, 0) is 12.2 Å². The molecule has 142 valence electrons. The average molecular weight is 386 g/mol. The molecule has 1 unspecified atom stereocenters. The maximum atomic E-state index is 10.9. The Kier molecular flexibility index (Phi) is 6.11. The molecule has 0 aliphatic carbocycles. The second-order valence-electron chi connectivity index (χ2n) is 7.42. The quantitative estimate of drug-likeness (QED) is 0.772. The van der Waals surface area contributed by atoms with Crippen molar-refractivity contribution < 1.29 is 10.2 Å². The van der Waals surface area contributed by atoms with E-state index in [4.69, 9.17) is 24.6 Å². The summed E-state index contributed by atoms with van der Waals surface area (Å²) >= 11 is 6.40. The van der Waals surface area contributed by atoms with Gasteiger partial charge in [-0.3, -0.25) is 9.88 Å². The molecule has 7 heteroatoms. The molecule has 2 heterocycles. The third-order valence-electron chi connectivity index (χ3n) is 5.06. The van der Waals surface area contributed by atoms with Gasteiger partial charge in [-0.15, -0.1) is 0 Å². The summed E-state index contributed by atoms with van der Waals surface area (Å²) in [4.78, 5) is 8.44. The number of hydrogen-bond acceptors (Lipinski definition) is 5. The van der Waals surface area contributed by atoms with Gasteiger partial charge >= 0.3 is 0 Å². The molecule has 0 bridgehead atoms. The van der Waals surface area contributed by atoms with Gasteiger partial charge in [0.2, 0.25) is 0 Å². The standard InChI is InChI=1S/C20H25BClN3O2/c1-14-3-6-18(17(22)9-14)25-8-7-24(11-19(25)21)13-20(2,27)15-4-5-16(12-26)23-10-15/h3-6,9-10,19,26-27H,7-8,11-13H2,1-2H3/t19-,20?/m0/s1. The van der Waals surface area contributed by atoms with Crippen molar-refractivity contribution in [3.05, 3.63) is 58.4 Å². The number of aryl methyl sites for hydroxylation is 1. The molecule has 2 radical (unpaired) electrons. The molecule has 0 saturated carbocycles. The lowest BCUT2D eigenvalue weighted by molar-refractivity contribution is 0.0127. The Bertz CT molecular complexity index is 785. The zero-order valence-electron chi connectivity index (χ0n) is 15.8. The summed E-state index contributed by atoms with van der Waals surface area (Å²) in [5.41, 5.74) is 2.32. The Morgan fingerprint density at radius 2 is 2.07 bits per heavy atom. The van der Waals surface area contributed by atoms with E-state index in [9.17, 15) is 5.11 Å². The number of rotatable bonds is 5. The Morgan fingerprint density at radius 1 is 1.30 bits per heavy atom. The molecule has 1 aromatic heterocycles. The summed E-state index contributed by atoms with van der Waals surface area (Å²) in [5.74, 6) is -0.204. The molecule has 27 heavy (non-hydrogen) atoms. The molecule has 1 aromatic carbocycles. The summed E-state index contributed by atoms with van der Waals surface area (Å²) in [6.45, 7) is 6.27. The number of anilines is 1. The van der Waals surface area contributed by atoms with Crippen molar-refractivity contribution in [2.75, 3.05) is 31.1 Å². The van der Waals surface area contributed by atoms with Crippen molar-refractivity contribution in [1.82, 2.24) is 9.88 Å². The molecule has 0 amide bonds. The first-order chi connectivity index (χ1) is 12.8. The van der Waals surface area contributed by atoms with Gasteiger partial charge in [-0.2, -0.15) is 0 Å². The largest absolute Gasteiger partial charge is 0.390 e. The highest BCUT2D eigenvalue weighted by Gasteiger charge is 2.31. The molecule has 0 spiro atoms. The number of β-amino-alcohol motifs (C(OH)–C–C–N with tert-alkyl or cyclic N) is 1. The molecule has 2 N–H and O–H groups in total. The van der Waals surface area contributed by atoms with Crippen LogP contribution in [0.3, 0.4) is 0 Å². The predicted molar refractivity (Wildman–Crippen MR) is 109 cm³/mol. The average Bonchev–Trinajstić information content (AvgIpc) is 2.62. The van der Waals surface area contributed by atoms with Crippen molar-refractivity contribution in [1.29, 1.82) is 0 Å². The van der Waals surface area contributed by atoms with Gasteiger partial charge in [0.1, 0.15) is 13.4 Å². The number of aromatic nitrogens is 1. The van der Waals surface area contributed by atoms with E-state index >= 15 is 0 Å². The lowest BCUT2D eigenvalue weighted by Crippen LogP contribution is -2.56. The van der Waals surface area contributed by atoms with E-state index in [2.05, 4.69) is 14.8 Å². The van der Waals surface area contributed by atoms with Crippen molar-refractivity contribution in [3.8, 4) is 0 Å². The van der Waals surface area contributed by atoms with Crippen LogP contribution in [0.25, 0.3) is 0 Å². The number of benzene rings is 1. The number of aliphatic hydroxyl groups excluding tert-OH is 1. The second-order valence-corrected chi connectivity index (χ2v) is 7.83. The van der Waals surface area contributed by atoms with Gasteiger partial charge in [0, 0.05) is 43.9 Å². The third kappa shape index (κ3) is 4.64. The first kappa shape index (κ1) is 20.1. The normalized spacial score (nSPS) is 20.5. The summed E-state index contributed by atoms with van der Waals surface area (Å²) in [5, 5.41) is 20.7. The summed E-state index contributed by atoms with van der Waals surface area (Å²) in [7, 11) is 6.41. The Hall–Kier alpha value is -1.60. The fourth-order valence-electron chi connectivity index (χ4n) is 3.52. The van der Waals surface area contributed by atoms with E-state index in [1.165, 1.54) is 0 Å². The molecule has 1 fully saturated rings. The van der Waals surface area contributed by atoms with Gasteiger partial charge in [-0.05, 0) is 37.6 Å². The molecule has 5 nitrogen and oxygen atoms in total. The Labute approximate surface area is 167 Å². The van der Waals surface area contributed by atoms with Gasteiger partial charge in [0.25, 0.3) is 0 Å². The van der Waals surface area contributed by atoms with Crippen LogP contribution in [0.1, 0.15) is 23.7 Å². The molecular formula is C20H25BClN3O2. The zero-order valence-corrected chi connectivity index (χ0v) is 16.5. The second kappa shape index (κ2) is 8.19. The molecule has 1 aliphatic heterocycles. The number of hydrogen-bond donors (Lipinski definition) is 2. The van der Waals surface area contributed by atoms with Gasteiger partial charge in [-0.25, -0.2) is 0 Å². The highest BCUT2D eigenvalue weighted by molar-refractivity contribution is 6.33. The van der Waals surface area contributed by atoms with Crippen LogP contribution in [-0.4, -0.2) is 60.1 Å². The van der Waals surface area contributed by atoms with Crippen LogP contribution in [0.5, 0.6) is 0 Å². The monoisotopic (exact) mass is 385 g/mol. The van der Waals surface area contributed by atoms with E-state index < -0.39 is 5.60 Å². The summed E-state index contributed by atoms with van der Waals surface area (Å²) < 4.78 is 0. The minimum Gasteiger partial charge on any atom is -0.390 e. The minimum absolute atomic E-state index is 0.110. The number of nitrogens with zero attached hydrogens (tertiary/aromatic N) is 3. The van der Waals surface area contributed by atoms with Crippen LogP contribution in [0.15, 0.2) is 36.5 Å². The minimum atomic E-state index is -1.05. The molecule has 2 aromatic rings. The van der Waals surface area contributed by atoms with E-state index in [0.717, 1.165) is 29.9 Å². The molecule has 1 saturated heterocycles. The SMILES string of the molecule is [B][C@@H]1CN(CC(C)(O)c2ccc(CO)nc2)CCN1c1ccc(C)cc1Cl. The highest BCUT2D eigenvalue weighted by Crippen LogP contribution is 2.30. The first-order valence-electron chi connectivity index (χ1n) is 9.09. The van der Waals surface area contributed by atoms with Crippen LogP contribution >= 0.6 is 11.6 Å². The fraction of sp³-hybridized carbons (Fsp3) is 0.450. The topological polar surface area (TPSA) is 59.8 Å². The number of piperazine rings is 1. The lowest BCUT2D eigenvalue weighted by Gasteiger charge is -2.44. The fourth-order valence-corrected chi connectivity index (χ4v) is 3.86. The Morgan fingerprint density at radius 3 is 2.67 bits per heavy atom. The maximum Gasteiger partial charge on any atom is 0.101 e. The van der Waals surface area contributed by atoms with Crippen LogP contribution in [0.4, 0.5) is 5.69 Å². The van der Waals surface area contributed by atoms with Crippen LogP contribution in [0, 0.1) is 6.92 Å². The molecule has 3 rings (SSSR count). The zero-order chi connectivity index (χ0) is 19.6. The van der Waals surface area contributed by atoms with Crippen molar-refractivity contribution >= 4 is 25.1 Å². The Balaban J connectivity index is 1.66. The lowest BCUT2D eigenvalue weighted by atomic mass is 9.89. The van der Waals surface area contributed by atoms with Crippen LogP contribution < -0.4 is 4.90 Å². The van der Waals surface area contributed by atoms with Crippen molar-refractivity contribution in [3.63, 3.8) is 0 Å². The predicted octanol–water partition coefficient (Wildman–Crippen LogP) is 2.06. The van der Waals surface area contributed by atoms with Crippen LogP contribution in [0.2, 0.25) is 5.02 Å². The van der Waals surface area contributed by atoms with Gasteiger partial charge in [-0.1, -0.05) is 23.7 Å². The summed E-state index contributed by atoms with van der Waals surface area (Å²) in [6, 6.07) is 9.53. The maximum absolute atomic E-state index is 10.9. The first-order valence-corrected chi connectivity index (χ1v) is 9.47. The van der Waals surface area contributed by atoms with Gasteiger partial charge < -0.3 is 15.1 Å². The smallest absolute Gasteiger partial charge is 0.101 e. The summed E-state index contributed by atoms with van der Waals surface area (Å²) in [6.07, 6.45) is 1.62.